The van der Waals surface area contributed by atoms with Crippen molar-refractivity contribution in [3.8, 4) is 5.75 Å². The average Bonchev–Trinajstić information content (AvgIpc) is 2.29. The van der Waals surface area contributed by atoms with Crippen LogP contribution in [0.2, 0.25) is 0 Å². The van der Waals surface area contributed by atoms with Crippen molar-refractivity contribution in [2.24, 2.45) is 0 Å². The molecule has 0 saturated carbocycles. The molecule has 1 fully saturated rings. The summed E-state index contributed by atoms with van der Waals surface area (Å²) in [5.74, 6) is -0.340. The molecule has 0 aromatic heterocycles. The lowest BCUT2D eigenvalue weighted by molar-refractivity contribution is 0.118. The van der Waals surface area contributed by atoms with Gasteiger partial charge in [0.25, 0.3) is 0 Å². The van der Waals surface area contributed by atoms with Gasteiger partial charge in [-0.1, -0.05) is 6.07 Å². The fraction of sp³-hybridized carbons (Fsp3) is 0.538. The zero-order valence-electron chi connectivity index (χ0n) is 10.4. The van der Waals surface area contributed by atoms with Crippen LogP contribution in [-0.2, 0) is 0 Å². The molecule has 94 valence electrons. The third-order valence-corrected chi connectivity index (χ3v) is 3.53. The van der Waals surface area contributed by atoms with Gasteiger partial charge in [0, 0.05) is 43.9 Å². The number of piperazine rings is 1. The van der Waals surface area contributed by atoms with Crippen LogP contribution in [0.3, 0.4) is 0 Å². The molecule has 1 aromatic carbocycles. The summed E-state index contributed by atoms with van der Waals surface area (Å²) in [5, 5.41) is 9.77. The molecule has 1 atom stereocenters. The quantitative estimate of drug-likeness (QED) is 0.851. The molecule has 1 unspecified atom stereocenters. The third-order valence-electron chi connectivity index (χ3n) is 3.53. The molecule has 0 spiro atoms. The van der Waals surface area contributed by atoms with Gasteiger partial charge < -0.3 is 10.0 Å². The normalized spacial score (nSPS) is 20.4. The van der Waals surface area contributed by atoms with E-state index < -0.39 is 5.82 Å². The molecule has 0 radical (unpaired) electrons. The number of nitrogens with zero attached hydrogens (tertiary/aromatic N) is 2. The standard InChI is InChI=1S/C13H19FN2O/c1-10(16-7-5-15(2)6-8-16)12-4-3-11(14)9-13(12)17/h3-4,9-10,17H,5-8H2,1-2H3. The van der Waals surface area contributed by atoms with Gasteiger partial charge in [0.1, 0.15) is 11.6 Å². The molecule has 1 aromatic rings. The van der Waals surface area contributed by atoms with Gasteiger partial charge >= 0.3 is 0 Å². The van der Waals surface area contributed by atoms with Crippen molar-refractivity contribution >= 4 is 0 Å². The Morgan fingerprint density at radius 1 is 1.24 bits per heavy atom. The van der Waals surface area contributed by atoms with Crippen molar-refractivity contribution in [3.63, 3.8) is 0 Å². The van der Waals surface area contributed by atoms with Crippen LogP contribution in [0.5, 0.6) is 5.75 Å². The molecular formula is C13H19FN2O. The van der Waals surface area contributed by atoms with Gasteiger partial charge in [-0.3, -0.25) is 4.90 Å². The molecule has 0 bridgehead atoms. The second-order valence-corrected chi connectivity index (χ2v) is 4.72. The van der Waals surface area contributed by atoms with Gasteiger partial charge in [-0.05, 0) is 20.0 Å². The van der Waals surface area contributed by atoms with Crippen LogP contribution in [0.15, 0.2) is 18.2 Å². The summed E-state index contributed by atoms with van der Waals surface area (Å²) < 4.78 is 12.9. The Kier molecular flexibility index (Phi) is 3.64. The van der Waals surface area contributed by atoms with Gasteiger partial charge in [-0.15, -0.1) is 0 Å². The number of rotatable bonds is 2. The van der Waals surface area contributed by atoms with E-state index in [1.54, 1.807) is 6.07 Å². The van der Waals surface area contributed by atoms with E-state index >= 15 is 0 Å². The zero-order chi connectivity index (χ0) is 12.4. The smallest absolute Gasteiger partial charge is 0.126 e. The molecule has 17 heavy (non-hydrogen) atoms. The highest BCUT2D eigenvalue weighted by atomic mass is 19.1. The van der Waals surface area contributed by atoms with Crippen LogP contribution in [0.25, 0.3) is 0 Å². The highest BCUT2D eigenvalue weighted by Crippen LogP contribution is 2.29. The fourth-order valence-corrected chi connectivity index (χ4v) is 2.28. The predicted octanol–water partition coefficient (Wildman–Crippen LogP) is 1.84. The second-order valence-electron chi connectivity index (χ2n) is 4.72. The summed E-state index contributed by atoms with van der Waals surface area (Å²) in [6.45, 7) is 6.08. The Balaban J connectivity index is 2.11. The van der Waals surface area contributed by atoms with E-state index in [4.69, 9.17) is 0 Å². The van der Waals surface area contributed by atoms with Crippen molar-refractivity contribution in [2.75, 3.05) is 33.2 Å². The second kappa shape index (κ2) is 5.02. The SMILES string of the molecule is CC(c1ccc(F)cc1O)N1CCN(C)CC1. The molecule has 1 heterocycles. The number of hydrogen-bond donors (Lipinski definition) is 1. The Morgan fingerprint density at radius 3 is 2.47 bits per heavy atom. The maximum Gasteiger partial charge on any atom is 0.126 e. The van der Waals surface area contributed by atoms with Crippen LogP contribution in [0.1, 0.15) is 18.5 Å². The summed E-state index contributed by atoms with van der Waals surface area (Å²) in [7, 11) is 2.11. The zero-order valence-corrected chi connectivity index (χ0v) is 10.4. The van der Waals surface area contributed by atoms with Crippen LogP contribution in [-0.4, -0.2) is 48.1 Å². The number of aromatic hydroxyl groups is 1. The number of phenols is 1. The molecule has 2 rings (SSSR count). The Labute approximate surface area is 101 Å². The van der Waals surface area contributed by atoms with E-state index in [0.717, 1.165) is 31.7 Å². The van der Waals surface area contributed by atoms with E-state index in [1.165, 1.54) is 12.1 Å². The maximum absolute atomic E-state index is 12.9. The number of likely N-dealkylation sites (N-methyl/N-ethyl adjacent to an activating group) is 1. The number of phenolic OH excluding ortho intramolecular Hbond substituents is 1. The summed E-state index contributed by atoms with van der Waals surface area (Å²) in [6.07, 6.45) is 0. The first-order chi connectivity index (χ1) is 8.08. The van der Waals surface area contributed by atoms with Crippen LogP contribution >= 0.6 is 0 Å². The van der Waals surface area contributed by atoms with E-state index in [0.29, 0.717) is 0 Å². The summed E-state index contributed by atoms with van der Waals surface area (Å²) in [5.41, 5.74) is 0.802. The summed E-state index contributed by atoms with van der Waals surface area (Å²) >= 11 is 0. The number of benzene rings is 1. The Hall–Kier alpha value is -1.13. The monoisotopic (exact) mass is 238 g/mol. The van der Waals surface area contributed by atoms with E-state index in [2.05, 4.69) is 23.8 Å². The minimum atomic E-state index is -0.392. The number of halogens is 1. The topological polar surface area (TPSA) is 26.7 Å². The minimum absolute atomic E-state index is 0.0522. The Morgan fingerprint density at radius 2 is 1.88 bits per heavy atom. The van der Waals surface area contributed by atoms with Crippen molar-refractivity contribution in [1.29, 1.82) is 0 Å². The molecule has 1 saturated heterocycles. The molecule has 0 aliphatic carbocycles. The average molecular weight is 238 g/mol. The van der Waals surface area contributed by atoms with E-state index in [9.17, 15) is 9.50 Å². The lowest BCUT2D eigenvalue weighted by Gasteiger charge is -2.36. The molecule has 3 nitrogen and oxygen atoms in total. The lowest BCUT2D eigenvalue weighted by atomic mass is 10.0. The van der Waals surface area contributed by atoms with E-state index in [1.807, 2.05) is 0 Å². The highest BCUT2D eigenvalue weighted by Gasteiger charge is 2.22. The minimum Gasteiger partial charge on any atom is -0.508 e. The van der Waals surface area contributed by atoms with Crippen LogP contribution in [0, 0.1) is 5.82 Å². The molecule has 0 amide bonds. The first kappa shape index (κ1) is 12.3. The Bertz CT molecular complexity index is 389. The van der Waals surface area contributed by atoms with Crippen molar-refractivity contribution in [1.82, 2.24) is 9.80 Å². The van der Waals surface area contributed by atoms with Crippen molar-refractivity contribution < 1.29 is 9.50 Å². The van der Waals surface area contributed by atoms with Crippen LogP contribution in [0.4, 0.5) is 4.39 Å². The summed E-state index contributed by atoms with van der Waals surface area (Å²) in [6, 6.07) is 4.39. The third kappa shape index (κ3) is 2.76. The lowest BCUT2D eigenvalue weighted by Crippen LogP contribution is -2.45. The predicted molar refractivity (Wildman–Crippen MR) is 65.5 cm³/mol. The first-order valence-corrected chi connectivity index (χ1v) is 5.99. The summed E-state index contributed by atoms with van der Waals surface area (Å²) in [4.78, 5) is 4.60. The van der Waals surface area contributed by atoms with Gasteiger partial charge in [0.05, 0.1) is 0 Å². The highest BCUT2D eigenvalue weighted by molar-refractivity contribution is 5.35. The molecular weight excluding hydrogens is 219 g/mol. The molecule has 1 aliphatic heterocycles. The molecule has 4 heteroatoms. The molecule has 1 N–H and O–H groups in total. The number of hydrogen-bond acceptors (Lipinski definition) is 3. The van der Waals surface area contributed by atoms with Crippen LogP contribution < -0.4 is 0 Å². The first-order valence-electron chi connectivity index (χ1n) is 5.99. The van der Waals surface area contributed by atoms with Crippen molar-refractivity contribution in [2.45, 2.75) is 13.0 Å². The van der Waals surface area contributed by atoms with Gasteiger partial charge in [-0.2, -0.15) is 0 Å². The maximum atomic E-state index is 12.9. The van der Waals surface area contributed by atoms with Crippen molar-refractivity contribution in [3.05, 3.63) is 29.6 Å². The van der Waals surface area contributed by atoms with E-state index in [-0.39, 0.29) is 11.8 Å². The fourth-order valence-electron chi connectivity index (χ4n) is 2.28. The molecule has 1 aliphatic rings. The largest absolute Gasteiger partial charge is 0.508 e. The van der Waals surface area contributed by atoms with Gasteiger partial charge in [0.15, 0.2) is 0 Å². The van der Waals surface area contributed by atoms with Gasteiger partial charge in [-0.25, -0.2) is 4.39 Å². The van der Waals surface area contributed by atoms with Gasteiger partial charge in [0.2, 0.25) is 0 Å².